The summed E-state index contributed by atoms with van der Waals surface area (Å²) in [7, 11) is 0. The number of ketones is 1. The lowest BCUT2D eigenvalue weighted by atomic mass is 9.40. The Hall–Kier alpha value is -1.52. The number of carbonyl (C=O) groups is 2. The summed E-state index contributed by atoms with van der Waals surface area (Å²) in [6.45, 7) is 12.0. The third kappa shape index (κ3) is 2.65. The van der Waals surface area contributed by atoms with Gasteiger partial charge in [-0.25, -0.2) is 10.3 Å². The Balaban J connectivity index is 2.30. The molecule has 3 fully saturated rings. The molecule has 0 unspecified atom stereocenters. The summed E-state index contributed by atoms with van der Waals surface area (Å²) >= 11 is 0. The number of hydrogen-bond acceptors (Lipinski definition) is 8. The van der Waals surface area contributed by atoms with Gasteiger partial charge in [-0.05, 0) is 32.1 Å². The molecule has 0 aromatic heterocycles. The third-order valence-corrected chi connectivity index (χ3v) is 8.07. The van der Waals surface area contributed by atoms with Gasteiger partial charge in [-0.1, -0.05) is 26.8 Å². The Morgan fingerprint density at radius 1 is 1.27 bits per heavy atom. The van der Waals surface area contributed by atoms with E-state index in [0.717, 1.165) is 0 Å². The minimum atomic E-state index is -2.26. The van der Waals surface area contributed by atoms with Crippen molar-refractivity contribution in [3.63, 3.8) is 0 Å². The zero-order valence-electron chi connectivity index (χ0n) is 18.1. The number of hydrogen-bond donors (Lipinski definition) is 5. The van der Waals surface area contributed by atoms with E-state index < -0.39 is 63.7 Å². The number of ether oxygens (including phenoxy) is 2. The minimum absolute atomic E-state index is 0.187. The Morgan fingerprint density at radius 2 is 1.87 bits per heavy atom. The highest BCUT2D eigenvalue weighted by Gasteiger charge is 2.81. The summed E-state index contributed by atoms with van der Waals surface area (Å²) in [6.07, 6.45) is -3.19. The molecule has 0 aromatic rings. The van der Waals surface area contributed by atoms with E-state index in [0.29, 0.717) is 12.8 Å². The molecular formula is C21H33NO8. The van der Waals surface area contributed by atoms with E-state index in [1.807, 2.05) is 13.8 Å². The van der Waals surface area contributed by atoms with Crippen LogP contribution in [0.5, 0.6) is 0 Å². The second kappa shape index (κ2) is 6.74. The number of rotatable bonds is 2. The van der Waals surface area contributed by atoms with Gasteiger partial charge in [-0.2, -0.15) is 0 Å². The molecular weight excluding hydrogens is 394 g/mol. The van der Waals surface area contributed by atoms with Crippen LogP contribution >= 0.6 is 0 Å². The van der Waals surface area contributed by atoms with Gasteiger partial charge in [-0.15, -0.1) is 6.58 Å². The fraction of sp³-hybridized carbons (Fsp3) is 0.810. The highest BCUT2D eigenvalue weighted by Crippen LogP contribution is 2.67. The summed E-state index contributed by atoms with van der Waals surface area (Å²) in [5, 5.41) is 43.6. The van der Waals surface area contributed by atoms with Crippen molar-refractivity contribution in [3.05, 3.63) is 12.7 Å². The summed E-state index contributed by atoms with van der Waals surface area (Å²) in [5.41, 5.74) is -6.13. The van der Waals surface area contributed by atoms with Gasteiger partial charge in [0.1, 0.15) is 17.8 Å². The molecule has 2 saturated carbocycles. The van der Waals surface area contributed by atoms with Crippen molar-refractivity contribution in [1.82, 2.24) is 5.48 Å². The molecule has 5 N–H and O–H groups in total. The lowest BCUT2D eigenvalue weighted by Gasteiger charge is -2.71. The maximum atomic E-state index is 13.5. The van der Waals surface area contributed by atoms with Gasteiger partial charge >= 0.3 is 6.09 Å². The number of aliphatic hydroxyl groups excluding tert-OH is 2. The van der Waals surface area contributed by atoms with Crippen LogP contribution in [0.4, 0.5) is 4.79 Å². The first kappa shape index (κ1) is 23.1. The molecule has 3 aliphatic rings. The topological polar surface area (TPSA) is 146 Å². The van der Waals surface area contributed by atoms with Gasteiger partial charge in [0.25, 0.3) is 0 Å². The first-order valence-corrected chi connectivity index (χ1v) is 10.2. The summed E-state index contributed by atoms with van der Waals surface area (Å²) in [4.78, 5) is 25.5. The van der Waals surface area contributed by atoms with Crippen LogP contribution in [0.25, 0.3) is 0 Å². The lowest BCUT2D eigenvalue weighted by Crippen LogP contribution is -2.86. The highest BCUT2D eigenvalue weighted by molar-refractivity contribution is 5.92. The quantitative estimate of drug-likeness (QED) is 0.250. The number of fused-ring (bicyclic) bond motifs is 3. The van der Waals surface area contributed by atoms with Gasteiger partial charge in [0.15, 0.2) is 11.4 Å². The van der Waals surface area contributed by atoms with Crippen molar-refractivity contribution in [1.29, 1.82) is 0 Å². The van der Waals surface area contributed by atoms with Crippen molar-refractivity contribution in [2.45, 2.75) is 89.0 Å². The zero-order valence-corrected chi connectivity index (χ0v) is 18.1. The molecule has 0 radical (unpaired) electrons. The number of aliphatic hydroxyl groups is 3. The zero-order chi connectivity index (χ0) is 22.9. The first-order valence-electron chi connectivity index (χ1n) is 10.2. The maximum Gasteiger partial charge on any atom is 0.431 e. The molecule has 9 heteroatoms. The molecule has 1 aliphatic heterocycles. The second-order valence-corrected chi connectivity index (χ2v) is 10.3. The van der Waals surface area contributed by atoms with Gasteiger partial charge in [-0.3, -0.25) is 10.0 Å². The number of carbonyl (C=O) groups excluding carboxylic acids is 2. The average Bonchev–Trinajstić information content (AvgIpc) is 2.66. The molecule has 2 aliphatic carbocycles. The van der Waals surface area contributed by atoms with Crippen molar-refractivity contribution in [3.8, 4) is 0 Å². The third-order valence-electron chi connectivity index (χ3n) is 8.07. The molecule has 0 aromatic carbocycles. The molecule has 30 heavy (non-hydrogen) atoms. The Labute approximate surface area is 176 Å². The largest absolute Gasteiger partial charge is 0.442 e. The number of nitrogens with one attached hydrogen (secondary N) is 1. The Morgan fingerprint density at radius 3 is 2.40 bits per heavy atom. The fourth-order valence-corrected chi connectivity index (χ4v) is 6.55. The monoisotopic (exact) mass is 427 g/mol. The van der Waals surface area contributed by atoms with E-state index in [1.54, 1.807) is 13.8 Å². The maximum absolute atomic E-state index is 13.5. The van der Waals surface area contributed by atoms with Crippen LogP contribution in [0.1, 0.15) is 53.9 Å². The van der Waals surface area contributed by atoms with Gasteiger partial charge in [0.05, 0.1) is 11.7 Å². The molecule has 170 valence electrons. The smallest absolute Gasteiger partial charge is 0.431 e. The molecule has 8 atom stereocenters. The van der Waals surface area contributed by atoms with E-state index in [4.69, 9.17) is 14.7 Å². The van der Waals surface area contributed by atoms with Crippen LogP contribution < -0.4 is 5.48 Å². The SMILES string of the molecule is C=C[C@@]1(C)CC(=O)[C@]2(O)[C@@]3(C)[C@@H](O)CCC(C)(C)[C@@H]3[C@H](OC(=O)NO)[C@H](O)[C@@]2(C)O1. The fourth-order valence-electron chi connectivity index (χ4n) is 6.55. The van der Waals surface area contributed by atoms with E-state index in [2.05, 4.69) is 6.58 Å². The molecule has 0 bridgehead atoms. The molecule has 3 rings (SSSR count). The highest BCUT2D eigenvalue weighted by atomic mass is 16.6. The number of hydroxylamine groups is 1. The molecule has 1 amide bonds. The Bertz CT molecular complexity index is 770. The summed E-state index contributed by atoms with van der Waals surface area (Å²) in [5.74, 6) is -1.40. The first-order chi connectivity index (χ1) is 13.6. The van der Waals surface area contributed by atoms with Crippen LogP contribution in [0.15, 0.2) is 12.7 Å². The Kier molecular flexibility index (Phi) is 5.20. The van der Waals surface area contributed by atoms with Crippen molar-refractivity contribution < 1.29 is 39.6 Å². The summed E-state index contributed by atoms with van der Waals surface area (Å²) < 4.78 is 11.5. The minimum Gasteiger partial charge on any atom is -0.442 e. The summed E-state index contributed by atoms with van der Waals surface area (Å²) in [6, 6.07) is 0. The standard InChI is InChI=1S/C21H33NO8/c1-7-18(4)10-12(24)21(27)19(5)11(23)8-9-17(2,3)14(19)13(29-16(26)22-28)15(25)20(21,6)30-18/h7,11,13-15,23,25,27-28H,1,8-10H2,2-6H3,(H,22,26)/t11-,13-,14-,15-,18-,19-,20+,21-/m0/s1. The van der Waals surface area contributed by atoms with Crippen LogP contribution in [-0.4, -0.2) is 67.5 Å². The molecule has 1 saturated heterocycles. The molecule has 9 nitrogen and oxygen atoms in total. The number of Topliss-reactive ketones (excluding diaryl/α,β-unsaturated/α-hetero) is 1. The molecule has 0 spiro atoms. The number of amides is 1. The predicted octanol–water partition coefficient (Wildman–Crippen LogP) is 1.07. The lowest BCUT2D eigenvalue weighted by molar-refractivity contribution is -0.369. The van der Waals surface area contributed by atoms with E-state index in [1.165, 1.54) is 18.5 Å². The van der Waals surface area contributed by atoms with E-state index in [9.17, 15) is 24.9 Å². The van der Waals surface area contributed by atoms with E-state index >= 15 is 0 Å². The second-order valence-electron chi connectivity index (χ2n) is 10.3. The van der Waals surface area contributed by atoms with Crippen molar-refractivity contribution in [2.24, 2.45) is 16.7 Å². The average molecular weight is 427 g/mol. The van der Waals surface area contributed by atoms with E-state index in [-0.39, 0.29) is 6.42 Å². The van der Waals surface area contributed by atoms with Gasteiger partial charge in [0.2, 0.25) is 0 Å². The molecule has 1 heterocycles. The van der Waals surface area contributed by atoms with Crippen LogP contribution in [0.2, 0.25) is 0 Å². The van der Waals surface area contributed by atoms with Crippen LogP contribution in [-0.2, 0) is 14.3 Å². The van der Waals surface area contributed by atoms with Crippen molar-refractivity contribution >= 4 is 11.9 Å². The van der Waals surface area contributed by atoms with Crippen LogP contribution in [0, 0.1) is 16.7 Å². The van der Waals surface area contributed by atoms with Crippen LogP contribution in [0.3, 0.4) is 0 Å². The predicted molar refractivity (Wildman–Crippen MR) is 104 cm³/mol. The normalized spacial score (nSPS) is 50.1. The van der Waals surface area contributed by atoms with Gasteiger partial charge < -0.3 is 24.8 Å². The van der Waals surface area contributed by atoms with Crippen molar-refractivity contribution in [2.75, 3.05) is 0 Å². The van der Waals surface area contributed by atoms with Gasteiger partial charge in [0, 0.05) is 17.8 Å².